The van der Waals surface area contributed by atoms with Crippen molar-refractivity contribution in [1.82, 2.24) is 5.32 Å². The molecule has 0 radical (unpaired) electrons. The number of benzene rings is 1. The summed E-state index contributed by atoms with van der Waals surface area (Å²) in [6, 6.07) is 10.1. The molecule has 1 aliphatic rings. The van der Waals surface area contributed by atoms with Gasteiger partial charge in [0.1, 0.15) is 6.17 Å². The third-order valence-electron chi connectivity index (χ3n) is 2.56. The van der Waals surface area contributed by atoms with Crippen molar-refractivity contribution < 1.29 is 4.39 Å². The first-order chi connectivity index (χ1) is 6.36. The number of hydrogen-bond donors (Lipinski definition) is 1. The van der Waals surface area contributed by atoms with Gasteiger partial charge in [-0.25, -0.2) is 4.39 Å². The first-order valence-electron chi connectivity index (χ1n) is 4.77. The molecule has 1 fully saturated rings. The predicted octanol–water partition coefficient (Wildman–Crippen LogP) is 1.93. The average molecular weight is 179 g/mol. The Hall–Kier alpha value is -0.890. The predicted molar refractivity (Wildman–Crippen MR) is 51.4 cm³/mol. The van der Waals surface area contributed by atoms with Crippen LogP contribution in [0.15, 0.2) is 30.3 Å². The highest BCUT2D eigenvalue weighted by atomic mass is 19.1. The minimum atomic E-state index is -0.666. The Kier molecular flexibility index (Phi) is 2.60. The van der Waals surface area contributed by atoms with Gasteiger partial charge in [0.15, 0.2) is 0 Å². The fraction of sp³-hybridized carbons (Fsp3) is 0.455. The summed E-state index contributed by atoms with van der Waals surface area (Å²) < 4.78 is 13.2. The largest absolute Gasteiger partial charge is 0.311 e. The minimum Gasteiger partial charge on any atom is -0.311 e. The maximum atomic E-state index is 13.2. The molecule has 13 heavy (non-hydrogen) atoms. The average Bonchev–Trinajstić information content (AvgIpc) is 2.54. The van der Waals surface area contributed by atoms with E-state index in [0.29, 0.717) is 6.42 Å². The van der Waals surface area contributed by atoms with E-state index in [9.17, 15) is 4.39 Å². The summed E-state index contributed by atoms with van der Waals surface area (Å²) in [7, 11) is 0. The molecule has 2 heteroatoms. The van der Waals surface area contributed by atoms with Gasteiger partial charge in [-0.1, -0.05) is 30.3 Å². The monoisotopic (exact) mass is 179 g/mol. The van der Waals surface area contributed by atoms with Gasteiger partial charge in [0.25, 0.3) is 0 Å². The van der Waals surface area contributed by atoms with Crippen molar-refractivity contribution in [1.29, 1.82) is 0 Å². The Bertz CT molecular complexity index is 260. The second kappa shape index (κ2) is 3.88. The Morgan fingerprint density at radius 1 is 1.31 bits per heavy atom. The van der Waals surface area contributed by atoms with Gasteiger partial charge >= 0.3 is 0 Å². The summed E-state index contributed by atoms with van der Waals surface area (Å²) in [6.07, 6.45) is 0.805. The van der Waals surface area contributed by atoms with Crippen LogP contribution in [0.2, 0.25) is 0 Å². The quantitative estimate of drug-likeness (QED) is 0.731. The first kappa shape index (κ1) is 8.70. The molecule has 1 saturated heterocycles. The second-order valence-electron chi connectivity index (χ2n) is 3.56. The number of hydrogen-bond acceptors (Lipinski definition) is 1. The summed E-state index contributed by atoms with van der Waals surface area (Å²) in [5.41, 5.74) is 1.21. The zero-order valence-electron chi connectivity index (χ0n) is 7.54. The van der Waals surface area contributed by atoms with E-state index in [0.717, 1.165) is 13.0 Å². The molecule has 0 aliphatic carbocycles. The number of nitrogens with one attached hydrogen (secondary N) is 1. The Morgan fingerprint density at radius 2 is 2.08 bits per heavy atom. The molecule has 2 unspecified atom stereocenters. The van der Waals surface area contributed by atoms with Crippen LogP contribution < -0.4 is 5.32 Å². The fourth-order valence-electron chi connectivity index (χ4n) is 1.80. The van der Waals surface area contributed by atoms with Crippen LogP contribution in [0, 0.1) is 0 Å². The Morgan fingerprint density at radius 3 is 2.69 bits per heavy atom. The van der Waals surface area contributed by atoms with Gasteiger partial charge in [0, 0.05) is 6.04 Å². The smallest absolute Gasteiger partial charge is 0.117 e. The lowest BCUT2D eigenvalue weighted by Gasteiger charge is -2.12. The molecule has 1 aromatic carbocycles. The van der Waals surface area contributed by atoms with Crippen LogP contribution in [0.4, 0.5) is 4.39 Å². The van der Waals surface area contributed by atoms with Gasteiger partial charge in [-0.3, -0.25) is 0 Å². The van der Waals surface area contributed by atoms with Crippen molar-refractivity contribution in [3.05, 3.63) is 35.9 Å². The van der Waals surface area contributed by atoms with Crippen LogP contribution in [0.25, 0.3) is 0 Å². The van der Waals surface area contributed by atoms with Gasteiger partial charge < -0.3 is 5.32 Å². The summed E-state index contributed by atoms with van der Waals surface area (Å²) in [4.78, 5) is 0. The zero-order chi connectivity index (χ0) is 9.10. The fourth-order valence-corrected chi connectivity index (χ4v) is 1.80. The zero-order valence-corrected chi connectivity index (χ0v) is 7.54. The van der Waals surface area contributed by atoms with Crippen LogP contribution >= 0.6 is 0 Å². The van der Waals surface area contributed by atoms with Crippen molar-refractivity contribution in [3.8, 4) is 0 Å². The highest BCUT2D eigenvalue weighted by molar-refractivity contribution is 5.16. The van der Waals surface area contributed by atoms with Crippen molar-refractivity contribution >= 4 is 0 Å². The van der Waals surface area contributed by atoms with Gasteiger partial charge in [-0.15, -0.1) is 0 Å². The molecule has 2 rings (SSSR count). The van der Waals surface area contributed by atoms with Crippen molar-refractivity contribution in [3.63, 3.8) is 0 Å². The van der Waals surface area contributed by atoms with Crippen LogP contribution in [-0.2, 0) is 6.42 Å². The molecule has 1 heterocycles. The van der Waals surface area contributed by atoms with E-state index in [4.69, 9.17) is 0 Å². The minimum absolute atomic E-state index is 0.0300. The lowest BCUT2D eigenvalue weighted by Crippen LogP contribution is -2.30. The number of alkyl halides is 1. The summed E-state index contributed by atoms with van der Waals surface area (Å²) in [5, 5.41) is 3.18. The van der Waals surface area contributed by atoms with Gasteiger partial charge in [-0.05, 0) is 24.9 Å². The van der Waals surface area contributed by atoms with E-state index in [1.165, 1.54) is 5.56 Å². The molecule has 0 aromatic heterocycles. The molecule has 1 aromatic rings. The van der Waals surface area contributed by atoms with Crippen LogP contribution in [0.1, 0.15) is 12.0 Å². The molecule has 0 amide bonds. The van der Waals surface area contributed by atoms with Gasteiger partial charge in [0.05, 0.1) is 0 Å². The van der Waals surface area contributed by atoms with E-state index < -0.39 is 6.17 Å². The molecule has 0 spiro atoms. The molecule has 1 aliphatic heterocycles. The molecular weight excluding hydrogens is 165 g/mol. The Labute approximate surface area is 78.0 Å². The molecule has 1 nitrogen and oxygen atoms in total. The van der Waals surface area contributed by atoms with E-state index >= 15 is 0 Å². The molecule has 2 atom stereocenters. The van der Waals surface area contributed by atoms with E-state index in [1.807, 2.05) is 30.3 Å². The highest BCUT2D eigenvalue weighted by Gasteiger charge is 2.25. The summed E-state index contributed by atoms with van der Waals surface area (Å²) in [5.74, 6) is 0. The van der Waals surface area contributed by atoms with Crippen molar-refractivity contribution in [2.45, 2.75) is 25.1 Å². The van der Waals surface area contributed by atoms with Gasteiger partial charge in [-0.2, -0.15) is 0 Å². The molecular formula is C11H14FN. The molecule has 70 valence electrons. The van der Waals surface area contributed by atoms with Crippen molar-refractivity contribution in [2.75, 3.05) is 6.54 Å². The van der Waals surface area contributed by atoms with E-state index in [-0.39, 0.29) is 6.04 Å². The topological polar surface area (TPSA) is 12.0 Å². The number of halogens is 1. The Balaban J connectivity index is 1.98. The van der Waals surface area contributed by atoms with Crippen LogP contribution in [0.3, 0.4) is 0 Å². The summed E-state index contributed by atoms with van der Waals surface area (Å²) >= 11 is 0. The SMILES string of the molecule is FC1CCNC1Cc1ccccc1. The summed E-state index contributed by atoms with van der Waals surface area (Å²) in [6.45, 7) is 0.818. The third-order valence-corrected chi connectivity index (χ3v) is 2.56. The standard InChI is InChI=1S/C11H14FN/c12-10-6-7-13-11(10)8-9-4-2-1-3-5-9/h1-5,10-11,13H,6-8H2. The third kappa shape index (κ3) is 2.07. The van der Waals surface area contributed by atoms with Crippen molar-refractivity contribution in [2.24, 2.45) is 0 Å². The lowest BCUT2D eigenvalue weighted by atomic mass is 10.0. The number of rotatable bonds is 2. The molecule has 1 N–H and O–H groups in total. The van der Waals surface area contributed by atoms with E-state index in [1.54, 1.807) is 0 Å². The maximum Gasteiger partial charge on any atom is 0.117 e. The maximum absolute atomic E-state index is 13.2. The van der Waals surface area contributed by atoms with Gasteiger partial charge in [0.2, 0.25) is 0 Å². The lowest BCUT2D eigenvalue weighted by molar-refractivity contribution is 0.299. The van der Waals surface area contributed by atoms with Crippen LogP contribution in [0.5, 0.6) is 0 Å². The van der Waals surface area contributed by atoms with Crippen LogP contribution in [-0.4, -0.2) is 18.8 Å². The normalized spacial score (nSPS) is 27.8. The second-order valence-corrected chi connectivity index (χ2v) is 3.56. The molecule has 0 saturated carbocycles. The van der Waals surface area contributed by atoms with E-state index in [2.05, 4.69) is 5.32 Å². The first-order valence-corrected chi connectivity index (χ1v) is 4.77. The molecule has 0 bridgehead atoms. The highest BCUT2D eigenvalue weighted by Crippen LogP contribution is 2.15.